The summed E-state index contributed by atoms with van der Waals surface area (Å²) in [7, 11) is 0. The average Bonchev–Trinajstić information content (AvgIpc) is 2.17. The molecule has 82 valence electrons. The summed E-state index contributed by atoms with van der Waals surface area (Å²) in [4.78, 5) is 10.9. The molecule has 1 aromatic carbocycles. The number of esters is 1. The normalized spacial score (nSPS) is 14.3. The van der Waals surface area contributed by atoms with Crippen molar-refractivity contribution in [2.24, 2.45) is 5.73 Å². The number of benzene rings is 1. The van der Waals surface area contributed by atoms with Crippen LogP contribution in [0.5, 0.6) is 0 Å². The fourth-order valence-corrected chi connectivity index (χ4v) is 1.39. The maximum Gasteiger partial charge on any atom is 0.302 e. The van der Waals surface area contributed by atoms with Crippen molar-refractivity contribution in [3.05, 3.63) is 35.9 Å². The van der Waals surface area contributed by atoms with E-state index in [0.29, 0.717) is 6.42 Å². The van der Waals surface area contributed by atoms with Gasteiger partial charge in [-0.1, -0.05) is 30.3 Å². The van der Waals surface area contributed by atoms with Crippen molar-refractivity contribution in [1.82, 2.24) is 0 Å². The van der Waals surface area contributed by atoms with Crippen molar-refractivity contribution in [2.45, 2.75) is 32.4 Å². The number of hydrogen-bond acceptors (Lipinski definition) is 3. The van der Waals surface area contributed by atoms with Crippen LogP contribution in [0.3, 0.4) is 0 Å². The first kappa shape index (κ1) is 11.7. The zero-order chi connectivity index (χ0) is 11.3. The molecule has 0 saturated carbocycles. The van der Waals surface area contributed by atoms with Crippen LogP contribution in [0.25, 0.3) is 0 Å². The molecule has 0 aliphatic rings. The van der Waals surface area contributed by atoms with Crippen LogP contribution in [0, 0.1) is 0 Å². The molecule has 0 radical (unpaired) electrons. The minimum atomic E-state index is -0.284. The van der Waals surface area contributed by atoms with Gasteiger partial charge < -0.3 is 10.5 Å². The Balaban J connectivity index is 2.63. The molecule has 2 N–H and O–H groups in total. The summed E-state index contributed by atoms with van der Waals surface area (Å²) in [5, 5.41) is 0. The van der Waals surface area contributed by atoms with E-state index in [2.05, 4.69) is 0 Å². The highest BCUT2D eigenvalue weighted by molar-refractivity contribution is 5.66. The van der Waals surface area contributed by atoms with Gasteiger partial charge in [-0.25, -0.2) is 0 Å². The summed E-state index contributed by atoms with van der Waals surface area (Å²) < 4.78 is 5.15. The fraction of sp³-hybridized carbons (Fsp3) is 0.417. The van der Waals surface area contributed by atoms with Crippen LogP contribution in [0.2, 0.25) is 0 Å². The van der Waals surface area contributed by atoms with Gasteiger partial charge in [0.1, 0.15) is 6.10 Å². The van der Waals surface area contributed by atoms with E-state index in [9.17, 15) is 4.79 Å². The van der Waals surface area contributed by atoms with Crippen molar-refractivity contribution < 1.29 is 9.53 Å². The quantitative estimate of drug-likeness (QED) is 0.761. The van der Waals surface area contributed by atoms with Gasteiger partial charge in [0.25, 0.3) is 0 Å². The van der Waals surface area contributed by atoms with Crippen LogP contribution >= 0.6 is 0 Å². The van der Waals surface area contributed by atoms with Gasteiger partial charge in [0.15, 0.2) is 0 Å². The second-order valence-electron chi connectivity index (χ2n) is 3.70. The first-order valence-electron chi connectivity index (χ1n) is 5.06. The molecular weight excluding hydrogens is 190 g/mol. The molecule has 0 fully saturated rings. The predicted molar refractivity (Wildman–Crippen MR) is 59.3 cm³/mol. The third-order valence-corrected chi connectivity index (χ3v) is 2.18. The van der Waals surface area contributed by atoms with E-state index in [4.69, 9.17) is 10.5 Å². The highest BCUT2D eigenvalue weighted by atomic mass is 16.5. The molecule has 0 aliphatic carbocycles. The maximum absolute atomic E-state index is 10.9. The lowest BCUT2D eigenvalue weighted by Gasteiger charge is -2.20. The van der Waals surface area contributed by atoms with Crippen LogP contribution < -0.4 is 5.73 Å². The van der Waals surface area contributed by atoms with Crippen molar-refractivity contribution in [3.63, 3.8) is 0 Å². The minimum absolute atomic E-state index is 0.158. The molecule has 3 heteroatoms. The van der Waals surface area contributed by atoms with Gasteiger partial charge in [0.05, 0.1) is 0 Å². The summed E-state index contributed by atoms with van der Waals surface area (Å²) in [6, 6.07) is 9.71. The number of rotatable bonds is 4. The smallest absolute Gasteiger partial charge is 0.302 e. The molecular formula is C12H17NO2. The summed E-state index contributed by atoms with van der Waals surface area (Å²) >= 11 is 0. The van der Waals surface area contributed by atoms with Crippen LogP contribution in [0.1, 0.15) is 19.4 Å². The molecule has 15 heavy (non-hydrogen) atoms. The summed E-state index contributed by atoms with van der Waals surface area (Å²) in [5.41, 5.74) is 6.88. The molecule has 3 nitrogen and oxygen atoms in total. The molecule has 2 unspecified atom stereocenters. The minimum Gasteiger partial charge on any atom is -0.461 e. The molecule has 0 amide bonds. The summed E-state index contributed by atoms with van der Waals surface area (Å²) in [5.74, 6) is -0.284. The van der Waals surface area contributed by atoms with Crippen molar-refractivity contribution in [2.75, 3.05) is 0 Å². The maximum atomic E-state index is 10.9. The number of nitrogens with two attached hydrogens (primary N) is 1. The van der Waals surface area contributed by atoms with E-state index < -0.39 is 0 Å². The third-order valence-electron chi connectivity index (χ3n) is 2.18. The van der Waals surface area contributed by atoms with E-state index in [1.807, 2.05) is 37.3 Å². The average molecular weight is 207 g/mol. The van der Waals surface area contributed by atoms with E-state index in [1.165, 1.54) is 6.92 Å². The third kappa shape index (κ3) is 4.13. The fourth-order valence-electron chi connectivity index (χ4n) is 1.39. The lowest BCUT2D eigenvalue weighted by molar-refractivity contribution is -0.147. The topological polar surface area (TPSA) is 52.3 Å². The number of hydrogen-bond donors (Lipinski definition) is 1. The Hall–Kier alpha value is -1.35. The van der Waals surface area contributed by atoms with Gasteiger partial charge in [-0.05, 0) is 12.5 Å². The Morgan fingerprint density at radius 3 is 2.47 bits per heavy atom. The monoisotopic (exact) mass is 207 g/mol. The van der Waals surface area contributed by atoms with Gasteiger partial charge in [-0.3, -0.25) is 4.79 Å². The summed E-state index contributed by atoms with van der Waals surface area (Å²) in [6.07, 6.45) is 0.419. The molecule has 1 rings (SSSR count). The van der Waals surface area contributed by atoms with Gasteiger partial charge >= 0.3 is 5.97 Å². The summed E-state index contributed by atoms with van der Waals surface area (Å²) in [6.45, 7) is 3.25. The lowest BCUT2D eigenvalue weighted by Crippen LogP contribution is -2.36. The second-order valence-corrected chi connectivity index (χ2v) is 3.70. The molecule has 0 saturated heterocycles. The van der Waals surface area contributed by atoms with Crippen LogP contribution in [-0.2, 0) is 16.0 Å². The Kier molecular flexibility index (Phi) is 4.31. The Morgan fingerprint density at radius 1 is 1.40 bits per heavy atom. The van der Waals surface area contributed by atoms with E-state index in [0.717, 1.165) is 5.56 Å². The molecule has 0 aromatic heterocycles. The van der Waals surface area contributed by atoms with Gasteiger partial charge in [0.2, 0.25) is 0 Å². The van der Waals surface area contributed by atoms with Crippen molar-refractivity contribution in [1.29, 1.82) is 0 Å². The standard InChI is InChI=1S/C12H17NO2/c1-9(13)12(15-10(2)14)8-11-6-4-3-5-7-11/h3-7,9,12H,8,13H2,1-2H3. The van der Waals surface area contributed by atoms with E-state index in [1.54, 1.807) is 0 Å². The van der Waals surface area contributed by atoms with Gasteiger partial charge in [-0.15, -0.1) is 0 Å². The number of ether oxygens (including phenoxy) is 1. The van der Waals surface area contributed by atoms with Crippen molar-refractivity contribution >= 4 is 5.97 Å². The van der Waals surface area contributed by atoms with E-state index in [-0.39, 0.29) is 18.1 Å². The zero-order valence-corrected chi connectivity index (χ0v) is 9.14. The Labute approximate surface area is 90.2 Å². The zero-order valence-electron chi connectivity index (χ0n) is 9.14. The van der Waals surface area contributed by atoms with Crippen molar-refractivity contribution in [3.8, 4) is 0 Å². The Morgan fingerprint density at radius 2 is 2.00 bits per heavy atom. The van der Waals surface area contributed by atoms with Gasteiger partial charge in [-0.2, -0.15) is 0 Å². The SMILES string of the molecule is CC(=O)OC(Cc1ccccc1)C(C)N. The highest BCUT2D eigenvalue weighted by Crippen LogP contribution is 2.08. The predicted octanol–water partition coefficient (Wildman–Crippen LogP) is 1.51. The molecule has 2 atom stereocenters. The highest BCUT2D eigenvalue weighted by Gasteiger charge is 2.17. The number of carbonyl (C=O) groups excluding carboxylic acids is 1. The first-order valence-corrected chi connectivity index (χ1v) is 5.06. The molecule has 0 heterocycles. The molecule has 0 bridgehead atoms. The van der Waals surface area contributed by atoms with E-state index >= 15 is 0 Å². The molecule has 0 spiro atoms. The molecule has 0 aliphatic heterocycles. The van der Waals surface area contributed by atoms with Gasteiger partial charge in [0, 0.05) is 19.4 Å². The molecule has 1 aromatic rings. The van der Waals surface area contributed by atoms with Crippen LogP contribution in [0.4, 0.5) is 0 Å². The lowest BCUT2D eigenvalue weighted by atomic mass is 10.0. The van der Waals surface area contributed by atoms with Crippen LogP contribution in [0.15, 0.2) is 30.3 Å². The number of carbonyl (C=O) groups is 1. The second kappa shape index (κ2) is 5.51. The largest absolute Gasteiger partial charge is 0.461 e. The van der Waals surface area contributed by atoms with Crippen LogP contribution in [-0.4, -0.2) is 18.1 Å². The Bertz CT molecular complexity index is 309. The first-order chi connectivity index (χ1) is 7.09.